The van der Waals surface area contributed by atoms with Crippen LogP contribution in [0.25, 0.3) is 11.3 Å². The quantitative estimate of drug-likeness (QED) is 0.792. The number of rotatable bonds is 2. The molecule has 0 amide bonds. The van der Waals surface area contributed by atoms with Gasteiger partial charge in [0.05, 0.1) is 12.8 Å². The van der Waals surface area contributed by atoms with Gasteiger partial charge in [-0.15, -0.1) is 0 Å². The molecule has 0 aliphatic carbocycles. The standard InChI is InChI=1S/C12H11BrN2O/c1-8-7-9(3-4-11(8)16-2)10-5-6-14-12(13)15-10/h3-7H,1-2H3. The van der Waals surface area contributed by atoms with E-state index in [-0.39, 0.29) is 0 Å². The van der Waals surface area contributed by atoms with Crippen molar-refractivity contribution in [1.29, 1.82) is 0 Å². The number of nitrogens with zero attached hydrogens (tertiary/aromatic N) is 2. The molecule has 1 aromatic heterocycles. The van der Waals surface area contributed by atoms with Crippen LogP contribution in [0.4, 0.5) is 0 Å². The second-order valence-electron chi connectivity index (χ2n) is 3.40. The van der Waals surface area contributed by atoms with E-state index in [4.69, 9.17) is 4.74 Å². The van der Waals surface area contributed by atoms with Crippen LogP contribution >= 0.6 is 15.9 Å². The summed E-state index contributed by atoms with van der Waals surface area (Å²) in [7, 11) is 1.67. The van der Waals surface area contributed by atoms with Crippen molar-refractivity contribution in [3.05, 3.63) is 40.8 Å². The number of aromatic nitrogens is 2. The third kappa shape index (κ3) is 2.22. The van der Waals surface area contributed by atoms with Crippen molar-refractivity contribution in [2.75, 3.05) is 7.11 Å². The van der Waals surface area contributed by atoms with Gasteiger partial charge in [-0.25, -0.2) is 9.97 Å². The maximum Gasteiger partial charge on any atom is 0.197 e. The third-order valence-corrected chi connectivity index (χ3v) is 2.70. The maximum atomic E-state index is 5.22. The van der Waals surface area contributed by atoms with Crippen LogP contribution in [0.5, 0.6) is 5.75 Å². The molecule has 0 aliphatic heterocycles. The first-order valence-corrected chi connectivity index (χ1v) is 5.63. The fourth-order valence-electron chi connectivity index (χ4n) is 1.53. The smallest absolute Gasteiger partial charge is 0.197 e. The van der Waals surface area contributed by atoms with E-state index in [9.17, 15) is 0 Å². The van der Waals surface area contributed by atoms with E-state index in [1.807, 2.05) is 31.2 Å². The Morgan fingerprint density at radius 1 is 1.25 bits per heavy atom. The van der Waals surface area contributed by atoms with E-state index < -0.39 is 0 Å². The van der Waals surface area contributed by atoms with E-state index in [1.54, 1.807) is 13.3 Å². The van der Waals surface area contributed by atoms with Crippen molar-refractivity contribution in [3.63, 3.8) is 0 Å². The molecule has 0 bridgehead atoms. The highest BCUT2D eigenvalue weighted by Gasteiger charge is 2.03. The van der Waals surface area contributed by atoms with Crippen LogP contribution in [0.3, 0.4) is 0 Å². The van der Waals surface area contributed by atoms with E-state index in [2.05, 4.69) is 25.9 Å². The van der Waals surface area contributed by atoms with Crippen LogP contribution in [-0.2, 0) is 0 Å². The molecule has 82 valence electrons. The van der Waals surface area contributed by atoms with Gasteiger partial charge in [-0.3, -0.25) is 0 Å². The van der Waals surface area contributed by atoms with E-state index in [0.717, 1.165) is 22.6 Å². The van der Waals surface area contributed by atoms with Gasteiger partial charge in [0.15, 0.2) is 4.73 Å². The zero-order valence-corrected chi connectivity index (χ0v) is 10.7. The summed E-state index contributed by atoms with van der Waals surface area (Å²) in [5.74, 6) is 0.886. The third-order valence-electron chi connectivity index (χ3n) is 2.32. The molecule has 2 rings (SSSR count). The topological polar surface area (TPSA) is 35.0 Å². The first-order chi connectivity index (χ1) is 7.70. The van der Waals surface area contributed by atoms with Gasteiger partial charge in [0, 0.05) is 11.8 Å². The molecular weight excluding hydrogens is 268 g/mol. The molecule has 3 nitrogen and oxygen atoms in total. The predicted molar refractivity (Wildman–Crippen MR) is 66.5 cm³/mol. The van der Waals surface area contributed by atoms with Crippen LogP contribution in [0.15, 0.2) is 35.2 Å². The molecule has 0 fully saturated rings. The van der Waals surface area contributed by atoms with Crippen molar-refractivity contribution in [2.24, 2.45) is 0 Å². The Kier molecular flexibility index (Phi) is 3.19. The number of halogens is 1. The lowest BCUT2D eigenvalue weighted by molar-refractivity contribution is 0.412. The van der Waals surface area contributed by atoms with Crippen LogP contribution in [0.1, 0.15) is 5.56 Å². The largest absolute Gasteiger partial charge is 0.496 e. The van der Waals surface area contributed by atoms with Gasteiger partial charge in [-0.2, -0.15) is 0 Å². The molecule has 2 aromatic rings. The summed E-state index contributed by atoms with van der Waals surface area (Å²) in [6, 6.07) is 7.86. The Morgan fingerprint density at radius 2 is 2.06 bits per heavy atom. The Bertz CT molecular complexity index is 514. The molecule has 0 radical (unpaired) electrons. The Balaban J connectivity index is 2.45. The first kappa shape index (κ1) is 11.1. The van der Waals surface area contributed by atoms with E-state index in [0.29, 0.717) is 4.73 Å². The molecule has 0 atom stereocenters. The van der Waals surface area contributed by atoms with Crippen LogP contribution in [0, 0.1) is 6.92 Å². The second-order valence-corrected chi connectivity index (χ2v) is 4.10. The van der Waals surface area contributed by atoms with E-state index >= 15 is 0 Å². The number of hydrogen-bond donors (Lipinski definition) is 0. The lowest BCUT2D eigenvalue weighted by Crippen LogP contribution is -1.90. The van der Waals surface area contributed by atoms with E-state index in [1.165, 1.54) is 0 Å². The molecule has 0 aliphatic rings. The molecular formula is C12H11BrN2O. The second kappa shape index (κ2) is 4.61. The zero-order valence-electron chi connectivity index (χ0n) is 9.07. The van der Waals surface area contributed by atoms with Crippen molar-refractivity contribution in [2.45, 2.75) is 6.92 Å². The predicted octanol–water partition coefficient (Wildman–Crippen LogP) is 3.22. The van der Waals surface area contributed by atoms with Gasteiger partial charge in [0.2, 0.25) is 0 Å². The Labute approximate surface area is 103 Å². The normalized spacial score (nSPS) is 10.2. The molecule has 0 unspecified atom stereocenters. The lowest BCUT2D eigenvalue weighted by atomic mass is 10.1. The minimum absolute atomic E-state index is 0.596. The summed E-state index contributed by atoms with van der Waals surface area (Å²) in [5, 5.41) is 0. The molecule has 0 N–H and O–H groups in total. The molecule has 16 heavy (non-hydrogen) atoms. The van der Waals surface area contributed by atoms with Crippen molar-refractivity contribution in [1.82, 2.24) is 9.97 Å². The van der Waals surface area contributed by atoms with Gasteiger partial charge in [-0.1, -0.05) is 0 Å². The maximum absolute atomic E-state index is 5.22. The number of benzene rings is 1. The summed E-state index contributed by atoms with van der Waals surface area (Å²) in [6.07, 6.45) is 1.73. The first-order valence-electron chi connectivity index (χ1n) is 4.84. The van der Waals surface area contributed by atoms with Gasteiger partial charge < -0.3 is 4.74 Å². The van der Waals surface area contributed by atoms with Gasteiger partial charge in [0.1, 0.15) is 5.75 Å². The summed E-state index contributed by atoms with van der Waals surface area (Å²) in [5.41, 5.74) is 3.05. The lowest BCUT2D eigenvalue weighted by Gasteiger charge is -2.06. The monoisotopic (exact) mass is 278 g/mol. The number of aryl methyl sites for hydroxylation is 1. The SMILES string of the molecule is COc1ccc(-c2ccnc(Br)n2)cc1C. The summed E-state index contributed by atoms with van der Waals surface area (Å²) < 4.78 is 5.81. The minimum atomic E-state index is 0.596. The number of hydrogen-bond acceptors (Lipinski definition) is 3. The Morgan fingerprint density at radius 3 is 2.69 bits per heavy atom. The molecule has 0 saturated carbocycles. The molecule has 0 spiro atoms. The molecule has 0 saturated heterocycles. The average Bonchev–Trinajstić information content (AvgIpc) is 2.29. The fourth-order valence-corrected chi connectivity index (χ4v) is 1.84. The van der Waals surface area contributed by atoms with Gasteiger partial charge >= 0.3 is 0 Å². The highest BCUT2D eigenvalue weighted by molar-refractivity contribution is 9.10. The molecule has 4 heteroatoms. The highest BCUT2D eigenvalue weighted by atomic mass is 79.9. The van der Waals surface area contributed by atoms with Crippen molar-refractivity contribution in [3.8, 4) is 17.0 Å². The van der Waals surface area contributed by atoms with Crippen LogP contribution < -0.4 is 4.74 Å². The Hall–Kier alpha value is -1.42. The van der Waals surface area contributed by atoms with Crippen LogP contribution in [0.2, 0.25) is 0 Å². The fraction of sp³-hybridized carbons (Fsp3) is 0.167. The van der Waals surface area contributed by atoms with Gasteiger partial charge in [0.25, 0.3) is 0 Å². The van der Waals surface area contributed by atoms with Crippen LogP contribution in [-0.4, -0.2) is 17.1 Å². The van der Waals surface area contributed by atoms with Crippen molar-refractivity contribution < 1.29 is 4.74 Å². The van der Waals surface area contributed by atoms with Gasteiger partial charge in [-0.05, 0) is 52.7 Å². The number of ether oxygens (including phenoxy) is 1. The molecule has 1 heterocycles. The zero-order chi connectivity index (χ0) is 11.5. The molecule has 1 aromatic carbocycles. The van der Waals surface area contributed by atoms with Crippen molar-refractivity contribution >= 4 is 15.9 Å². The summed E-state index contributed by atoms with van der Waals surface area (Å²) >= 11 is 3.26. The summed E-state index contributed by atoms with van der Waals surface area (Å²) in [4.78, 5) is 8.31. The summed E-state index contributed by atoms with van der Waals surface area (Å²) in [6.45, 7) is 2.01. The number of methoxy groups -OCH3 is 1. The minimum Gasteiger partial charge on any atom is -0.496 e. The highest BCUT2D eigenvalue weighted by Crippen LogP contribution is 2.24. The average molecular weight is 279 g/mol.